The number of thioether (sulfide) groups is 1. The van der Waals surface area contributed by atoms with E-state index in [1.807, 2.05) is 113 Å². The van der Waals surface area contributed by atoms with Gasteiger partial charge in [0.2, 0.25) is 0 Å². The maximum Gasteiger partial charge on any atom is 0.180 e. The second-order valence-electron chi connectivity index (χ2n) is 25.7. The predicted octanol–water partition coefficient (Wildman–Crippen LogP) is 12.6. The summed E-state index contributed by atoms with van der Waals surface area (Å²) >= 11 is 8.48. The Hall–Kier alpha value is -8.71. The molecular weight excluding hydrogens is 1210 g/mol. The molecule has 7 aromatic heterocycles. The zero-order valence-corrected chi connectivity index (χ0v) is 55.4. The highest BCUT2D eigenvalue weighted by molar-refractivity contribution is 8.14. The number of ether oxygens (including phenoxy) is 2. The van der Waals surface area contributed by atoms with Crippen LogP contribution >= 0.6 is 35.7 Å². The number of nitrogens with zero attached hydrogens (tertiary/aromatic N) is 17. The number of aliphatic imine (C=N–C) groups is 1. The standard InChI is InChI=1S/C28H29N7OS.C20H21N7S.C20H25N5OS/c1-28(2)12-14-34(15-13-28)23-16-29-24-25(32-23)35(17-19-8-10-20(36-3)11-9-19)33-27(24)37-26-21-6-4-5-7-22(21)30-18-31-26;1-20(21)6-8-27(9-7-20)16-11-22-17-15(26-16)10-23-19(17)28-18-13-4-2-3-5-14(13)24-12-25-18;1-20(2)8-10-24(11-9-20)16-12-21-17-18(22-16)25(23-19(17)27)13-14-4-6-15(26-3)7-5-14/h4-11,16,18H,12-15,17H2,1-3H3;2-5,11-12H,6-10,21H2,1H3;4-7,12H,8-11,13H2,1-3H3,(H,23,27). The van der Waals surface area contributed by atoms with Gasteiger partial charge in [0.15, 0.2) is 16.3 Å². The van der Waals surface area contributed by atoms with Crippen molar-refractivity contribution in [1.29, 1.82) is 0 Å². The van der Waals surface area contributed by atoms with Gasteiger partial charge in [-0.2, -0.15) is 5.10 Å². The van der Waals surface area contributed by atoms with Crippen molar-refractivity contribution >= 4 is 102 Å². The first-order valence-electron chi connectivity index (χ1n) is 31.2. The van der Waals surface area contributed by atoms with Gasteiger partial charge in [-0.3, -0.25) is 14.8 Å². The Morgan fingerprint density at radius 3 is 1.59 bits per heavy atom. The van der Waals surface area contributed by atoms with Gasteiger partial charge >= 0.3 is 0 Å². The highest BCUT2D eigenvalue weighted by Gasteiger charge is 2.31. The smallest absolute Gasteiger partial charge is 0.180 e. The summed E-state index contributed by atoms with van der Waals surface area (Å²) in [4.78, 5) is 58.4. The first-order chi connectivity index (χ1) is 44.5. The SMILES string of the molecule is CC1(N)CCN(c2cnc3c(n2)CN=C3Sc2ncnc3ccccc23)CC1.COc1ccc(Cn2[nH]c(=S)c3ncc(N4CCC(C)(C)CC4)nc32)cc1.COc1ccc(Cn2nc(Sc3ncnc4ccccc34)c3ncc(N4CCC(C)(C)CC4)nc32)cc1. The van der Waals surface area contributed by atoms with Crippen LogP contribution < -0.4 is 29.9 Å². The highest BCUT2D eigenvalue weighted by Crippen LogP contribution is 2.38. The van der Waals surface area contributed by atoms with E-state index in [-0.39, 0.29) is 5.54 Å². The molecule has 0 unspecified atom stereocenters. The van der Waals surface area contributed by atoms with Gasteiger partial charge in [0.1, 0.15) is 78.1 Å². The third-order valence-electron chi connectivity index (χ3n) is 17.8. The molecule has 4 aliphatic heterocycles. The Morgan fingerprint density at radius 1 is 0.533 bits per heavy atom. The fourth-order valence-corrected chi connectivity index (χ4v) is 13.8. The highest BCUT2D eigenvalue weighted by atomic mass is 32.2. The molecule has 0 amide bonds. The Labute approximate surface area is 548 Å². The van der Waals surface area contributed by atoms with Crippen LogP contribution in [0.4, 0.5) is 17.5 Å². The third-order valence-corrected chi connectivity index (χ3v) is 20.1. The fourth-order valence-electron chi connectivity index (χ4n) is 11.7. The number of fused-ring (bicyclic) bond motifs is 5. The molecule has 4 aromatic carbocycles. The van der Waals surface area contributed by atoms with Crippen LogP contribution in [-0.4, -0.2) is 133 Å². The average Bonchev–Trinajstić information content (AvgIpc) is 1.73. The number of anilines is 3. The number of nitrogens with one attached hydrogen (secondary N) is 1. The Balaban J connectivity index is 0.000000128. The quantitative estimate of drug-likeness (QED) is 0.0854. The molecule has 21 nitrogen and oxygen atoms in total. The van der Waals surface area contributed by atoms with Crippen LogP contribution in [0.1, 0.15) is 95.7 Å². The van der Waals surface area contributed by atoms with Crippen LogP contribution in [0.15, 0.2) is 148 Å². The third kappa shape index (κ3) is 14.0. The maximum absolute atomic E-state index is 6.25. The summed E-state index contributed by atoms with van der Waals surface area (Å²) < 4.78 is 15.1. The molecule has 92 heavy (non-hydrogen) atoms. The van der Waals surface area contributed by atoms with Crippen molar-refractivity contribution in [3.05, 3.63) is 155 Å². The van der Waals surface area contributed by atoms with Gasteiger partial charge in [-0.05, 0) is 127 Å². The number of rotatable bonds is 12. The number of piperidine rings is 3. The van der Waals surface area contributed by atoms with E-state index >= 15 is 0 Å². The molecule has 0 spiro atoms. The molecule has 3 fully saturated rings. The van der Waals surface area contributed by atoms with Gasteiger partial charge in [-0.25, -0.2) is 54.5 Å². The van der Waals surface area contributed by atoms with Crippen LogP contribution in [0.2, 0.25) is 0 Å². The zero-order chi connectivity index (χ0) is 63.6. The number of aromatic nitrogens is 14. The molecule has 472 valence electrons. The lowest BCUT2D eigenvalue weighted by Gasteiger charge is -2.37. The predicted molar refractivity (Wildman–Crippen MR) is 368 cm³/mol. The fraction of sp³-hybridized carbons (Fsp3) is 0.368. The lowest BCUT2D eigenvalue weighted by atomic mass is 9.83. The second kappa shape index (κ2) is 26.5. The summed E-state index contributed by atoms with van der Waals surface area (Å²) in [6.45, 7) is 19.1. The minimum Gasteiger partial charge on any atom is -0.497 e. The molecule has 11 heterocycles. The van der Waals surface area contributed by atoms with E-state index in [1.165, 1.54) is 23.5 Å². The van der Waals surface area contributed by atoms with Crippen molar-refractivity contribution in [2.24, 2.45) is 21.6 Å². The average molecular weight is 1290 g/mol. The molecule has 4 aliphatic rings. The topological polar surface area (TPSA) is 234 Å². The van der Waals surface area contributed by atoms with Gasteiger partial charge < -0.3 is 29.9 Å². The van der Waals surface area contributed by atoms with Gasteiger partial charge in [0, 0.05) is 55.6 Å². The van der Waals surface area contributed by atoms with E-state index in [9.17, 15) is 0 Å². The van der Waals surface area contributed by atoms with Gasteiger partial charge in [0.25, 0.3) is 0 Å². The number of aromatic amines is 1. The van der Waals surface area contributed by atoms with Crippen molar-refractivity contribution in [2.45, 2.75) is 113 Å². The first kappa shape index (κ1) is 62.1. The summed E-state index contributed by atoms with van der Waals surface area (Å²) in [5.74, 6) is 4.43. The van der Waals surface area contributed by atoms with Crippen LogP contribution in [0.5, 0.6) is 11.5 Å². The van der Waals surface area contributed by atoms with E-state index in [2.05, 4.69) is 96.5 Å². The molecule has 0 radical (unpaired) electrons. The molecule has 3 saturated heterocycles. The van der Waals surface area contributed by atoms with Crippen molar-refractivity contribution in [3.8, 4) is 11.5 Å². The van der Waals surface area contributed by atoms with Crippen molar-refractivity contribution in [2.75, 3.05) is 68.2 Å². The molecule has 0 saturated carbocycles. The van der Waals surface area contributed by atoms with Crippen molar-refractivity contribution in [3.63, 3.8) is 0 Å². The first-order valence-corrected chi connectivity index (χ1v) is 33.2. The summed E-state index contributed by atoms with van der Waals surface area (Å²) in [7, 11) is 3.35. The molecule has 0 atom stereocenters. The van der Waals surface area contributed by atoms with Crippen LogP contribution in [-0.2, 0) is 19.6 Å². The van der Waals surface area contributed by atoms with Gasteiger partial charge in [-0.1, -0.05) is 101 Å². The number of hydrogen-bond acceptors (Lipinski definition) is 21. The Kier molecular flexibility index (Phi) is 17.9. The van der Waals surface area contributed by atoms with Crippen molar-refractivity contribution < 1.29 is 9.47 Å². The summed E-state index contributed by atoms with van der Waals surface area (Å²) in [6, 6.07) is 32.1. The number of para-hydroxylation sites is 2. The largest absolute Gasteiger partial charge is 0.497 e. The van der Waals surface area contributed by atoms with Gasteiger partial charge in [0.05, 0.1) is 69.2 Å². The van der Waals surface area contributed by atoms with E-state index in [0.29, 0.717) is 35.1 Å². The number of methoxy groups -OCH3 is 2. The summed E-state index contributed by atoms with van der Waals surface area (Å²) in [5.41, 5.74) is 15.9. The molecular formula is C68H75N19O2S3. The molecule has 11 aromatic rings. The molecule has 24 heteroatoms. The number of nitrogens with two attached hydrogens (primary N) is 1. The second-order valence-corrected chi connectivity index (χ2v) is 28.0. The lowest BCUT2D eigenvalue weighted by molar-refractivity contribution is 0.279. The number of benzene rings is 4. The summed E-state index contributed by atoms with van der Waals surface area (Å²) in [6.07, 6.45) is 15.3. The molecule has 0 aliphatic carbocycles. The van der Waals surface area contributed by atoms with Crippen LogP contribution in [0.25, 0.3) is 44.1 Å². The molecule has 0 bridgehead atoms. The van der Waals surface area contributed by atoms with E-state index in [0.717, 1.165) is 194 Å². The minimum absolute atomic E-state index is 0.0755. The Bertz CT molecular complexity index is 4510. The lowest BCUT2D eigenvalue weighted by Crippen LogP contribution is -2.48. The van der Waals surface area contributed by atoms with E-state index in [4.69, 9.17) is 57.4 Å². The van der Waals surface area contributed by atoms with Crippen LogP contribution in [0, 0.1) is 15.5 Å². The van der Waals surface area contributed by atoms with Crippen LogP contribution in [0.3, 0.4) is 0 Å². The zero-order valence-electron chi connectivity index (χ0n) is 53.0. The normalized spacial score (nSPS) is 16.6. The minimum atomic E-state index is -0.0755. The summed E-state index contributed by atoms with van der Waals surface area (Å²) in [5, 5.41) is 13.6. The monoisotopic (exact) mass is 1290 g/mol. The van der Waals surface area contributed by atoms with E-state index < -0.39 is 0 Å². The Morgan fingerprint density at radius 2 is 1.02 bits per heavy atom. The molecule has 15 rings (SSSR count). The number of H-pyrrole nitrogens is 1. The maximum atomic E-state index is 6.25. The molecule has 3 N–H and O–H groups in total. The number of hydrogen-bond donors (Lipinski definition) is 2. The van der Waals surface area contributed by atoms with E-state index in [1.54, 1.807) is 26.9 Å². The van der Waals surface area contributed by atoms with Crippen molar-refractivity contribution in [1.82, 2.24) is 69.4 Å². The van der Waals surface area contributed by atoms with Gasteiger partial charge in [-0.15, -0.1) is 0 Å².